The van der Waals surface area contributed by atoms with Gasteiger partial charge in [0.15, 0.2) is 5.82 Å². The van der Waals surface area contributed by atoms with E-state index in [9.17, 15) is 0 Å². The van der Waals surface area contributed by atoms with Crippen molar-refractivity contribution in [3.8, 4) is 5.69 Å². The minimum absolute atomic E-state index is 0.725. The predicted octanol–water partition coefficient (Wildman–Crippen LogP) is 0.411. The fourth-order valence-corrected chi connectivity index (χ4v) is 2.85. The lowest BCUT2D eigenvalue weighted by atomic mass is 10.3. The van der Waals surface area contributed by atoms with E-state index in [1.165, 1.54) is 0 Å². The number of hydrogen-bond donors (Lipinski definition) is 1. The molecule has 0 saturated carbocycles. The molecule has 3 aromatic rings. The maximum atomic E-state index is 4.39. The van der Waals surface area contributed by atoms with Gasteiger partial charge in [-0.1, -0.05) is 18.2 Å². The monoisotopic (exact) mass is 325 g/mol. The third-order valence-electron chi connectivity index (χ3n) is 4.14. The summed E-state index contributed by atoms with van der Waals surface area (Å²) in [6, 6.07) is 9.96. The Kier molecular flexibility index (Phi) is 3.91. The number of aryl methyl sites for hydroxylation is 1. The van der Waals surface area contributed by atoms with Crippen LogP contribution < -0.4 is 4.90 Å². The molecular weight excluding hydrogens is 306 g/mol. The molecule has 0 unspecified atom stereocenters. The number of hydrogen-bond acceptors (Lipinski definition) is 7. The van der Waals surface area contributed by atoms with Crippen molar-refractivity contribution in [1.82, 2.24) is 40.3 Å². The second kappa shape index (κ2) is 6.36. The molecule has 0 bridgehead atoms. The van der Waals surface area contributed by atoms with Crippen molar-refractivity contribution in [3.63, 3.8) is 0 Å². The third kappa shape index (κ3) is 2.98. The van der Waals surface area contributed by atoms with Gasteiger partial charge in [-0.25, -0.2) is 0 Å². The summed E-state index contributed by atoms with van der Waals surface area (Å²) in [4.78, 5) is 8.94. The maximum Gasteiger partial charge on any atom is 0.244 e. The van der Waals surface area contributed by atoms with E-state index in [2.05, 4.69) is 40.5 Å². The molecule has 3 heterocycles. The zero-order valence-electron chi connectivity index (χ0n) is 13.5. The molecule has 1 N–H and O–H groups in total. The number of nitrogens with one attached hydrogen (secondary N) is 1. The Morgan fingerprint density at radius 3 is 2.58 bits per heavy atom. The number of tetrazole rings is 1. The largest absolute Gasteiger partial charge is 0.337 e. The highest BCUT2D eigenvalue weighted by molar-refractivity contribution is 5.31. The summed E-state index contributed by atoms with van der Waals surface area (Å²) in [6.45, 7) is 6.28. The van der Waals surface area contributed by atoms with E-state index in [1.54, 1.807) is 4.68 Å². The van der Waals surface area contributed by atoms with E-state index in [1.807, 2.05) is 37.3 Å². The van der Waals surface area contributed by atoms with Crippen LogP contribution in [0.25, 0.3) is 5.69 Å². The van der Waals surface area contributed by atoms with Crippen molar-refractivity contribution in [3.05, 3.63) is 42.0 Å². The number of piperazine rings is 1. The Hall–Kier alpha value is -2.81. The first-order valence-corrected chi connectivity index (χ1v) is 7.98. The van der Waals surface area contributed by atoms with Gasteiger partial charge in [-0.2, -0.15) is 9.67 Å². The van der Waals surface area contributed by atoms with Gasteiger partial charge in [0.25, 0.3) is 0 Å². The van der Waals surface area contributed by atoms with E-state index in [4.69, 9.17) is 0 Å². The molecule has 0 radical (unpaired) electrons. The van der Waals surface area contributed by atoms with Crippen LogP contribution in [0.1, 0.15) is 11.6 Å². The van der Waals surface area contributed by atoms with Crippen molar-refractivity contribution >= 4 is 5.95 Å². The summed E-state index contributed by atoms with van der Waals surface area (Å²) in [5.74, 6) is 2.47. The van der Waals surface area contributed by atoms with Crippen LogP contribution in [-0.4, -0.2) is 66.5 Å². The first-order valence-electron chi connectivity index (χ1n) is 7.98. The standard InChI is InChI=1S/C15H19N9/c1-12-16-15(19-17-12)23-9-7-22(8-10-23)11-14-18-20-21-24(14)13-5-3-2-4-6-13/h2-6H,7-11H2,1H3,(H,16,17,19). The van der Waals surface area contributed by atoms with Gasteiger partial charge in [0, 0.05) is 26.2 Å². The van der Waals surface area contributed by atoms with Gasteiger partial charge in [-0.05, 0) is 29.5 Å². The number of benzene rings is 1. The molecule has 0 amide bonds. The summed E-state index contributed by atoms with van der Waals surface area (Å²) >= 11 is 0. The van der Waals surface area contributed by atoms with Gasteiger partial charge in [0.1, 0.15) is 5.82 Å². The number of anilines is 1. The molecule has 2 aromatic heterocycles. The molecule has 9 nitrogen and oxygen atoms in total. The number of aromatic nitrogens is 7. The minimum atomic E-state index is 0.725. The molecule has 0 spiro atoms. The van der Waals surface area contributed by atoms with E-state index in [0.717, 1.165) is 56.0 Å². The Morgan fingerprint density at radius 2 is 1.88 bits per heavy atom. The normalized spacial score (nSPS) is 15.8. The number of para-hydroxylation sites is 1. The summed E-state index contributed by atoms with van der Waals surface area (Å²) in [7, 11) is 0. The van der Waals surface area contributed by atoms with E-state index < -0.39 is 0 Å². The van der Waals surface area contributed by atoms with Gasteiger partial charge >= 0.3 is 0 Å². The summed E-state index contributed by atoms with van der Waals surface area (Å²) in [6.07, 6.45) is 0. The fourth-order valence-electron chi connectivity index (χ4n) is 2.85. The molecule has 1 saturated heterocycles. The molecule has 0 atom stereocenters. The van der Waals surface area contributed by atoms with Crippen LogP contribution in [0, 0.1) is 6.92 Å². The van der Waals surface area contributed by atoms with Crippen LogP contribution in [0.3, 0.4) is 0 Å². The number of aromatic amines is 1. The topological polar surface area (TPSA) is 91.7 Å². The van der Waals surface area contributed by atoms with Crippen molar-refractivity contribution in [2.45, 2.75) is 13.5 Å². The highest BCUT2D eigenvalue weighted by atomic mass is 15.5. The van der Waals surface area contributed by atoms with Gasteiger partial charge in [0.05, 0.1) is 12.2 Å². The average Bonchev–Trinajstić information content (AvgIpc) is 3.25. The summed E-state index contributed by atoms with van der Waals surface area (Å²) < 4.78 is 1.80. The van der Waals surface area contributed by atoms with Crippen LogP contribution in [0.5, 0.6) is 0 Å². The first-order chi connectivity index (χ1) is 11.8. The maximum absolute atomic E-state index is 4.39. The van der Waals surface area contributed by atoms with Crippen molar-refractivity contribution in [2.24, 2.45) is 0 Å². The Morgan fingerprint density at radius 1 is 1.08 bits per heavy atom. The lowest BCUT2D eigenvalue weighted by Gasteiger charge is -2.33. The molecule has 4 rings (SSSR count). The molecule has 0 aliphatic carbocycles. The SMILES string of the molecule is Cc1nc(N2CCN(Cc3nnnn3-c3ccccc3)CC2)n[nH]1. The molecular formula is C15H19N9. The van der Waals surface area contributed by atoms with Crippen LogP contribution in [0.15, 0.2) is 30.3 Å². The zero-order chi connectivity index (χ0) is 16.4. The minimum Gasteiger partial charge on any atom is -0.337 e. The van der Waals surface area contributed by atoms with E-state index in [0.29, 0.717) is 0 Å². The van der Waals surface area contributed by atoms with Crippen LogP contribution in [0.2, 0.25) is 0 Å². The molecule has 1 aliphatic rings. The molecule has 1 fully saturated rings. The Bertz CT molecular complexity index is 786. The van der Waals surface area contributed by atoms with Gasteiger partial charge in [-0.3, -0.25) is 10.00 Å². The second-order valence-electron chi connectivity index (χ2n) is 5.83. The molecule has 24 heavy (non-hydrogen) atoms. The van der Waals surface area contributed by atoms with Gasteiger partial charge < -0.3 is 4.90 Å². The first kappa shape index (κ1) is 14.8. The summed E-state index contributed by atoms with van der Waals surface area (Å²) in [5.41, 5.74) is 0.979. The number of rotatable bonds is 4. The van der Waals surface area contributed by atoms with Gasteiger partial charge in [-0.15, -0.1) is 10.2 Å². The smallest absolute Gasteiger partial charge is 0.244 e. The van der Waals surface area contributed by atoms with Gasteiger partial charge in [0.2, 0.25) is 5.95 Å². The van der Waals surface area contributed by atoms with Crippen LogP contribution in [-0.2, 0) is 6.54 Å². The molecule has 9 heteroatoms. The average molecular weight is 325 g/mol. The number of nitrogens with zero attached hydrogens (tertiary/aromatic N) is 8. The van der Waals surface area contributed by atoms with Crippen molar-refractivity contribution in [1.29, 1.82) is 0 Å². The Labute approximate surface area is 139 Å². The van der Waals surface area contributed by atoms with E-state index in [-0.39, 0.29) is 0 Å². The quantitative estimate of drug-likeness (QED) is 0.743. The molecule has 1 aromatic carbocycles. The lowest BCUT2D eigenvalue weighted by molar-refractivity contribution is 0.241. The zero-order valence-corrected chi connectivity index (χ0v) is 13.5. The second-order valence-corrected chi connectivity index (χ2v) is 5.83. The van der Waals surface area contributed by atoms with Crippen molar-refractivity contribution < 1.29 is 0 Å². The van der Waals surface area contributed by atoms with Crippen molar-refractivity contribution in [2.75, 3.05) is 31.1 Å². The summed E-state index contributed by atoms with van der Waals surface area (Å²) in [5, 5.41) is 19.2. The lowest BCUT2D eigenvalue weighted by Crippen LogP contribution is -2.46. The third-order valence-corrected chi connectivity index (χ3v) is 4.14. The van der Waals surface area contributed by atoms with Crippen LogP contribution >= 0.6 is 0 Å². The molecule has 124 valence electrons. The predicted molar refractivity (Wildman–Crippen MR) is 87.8 cm³/mol. The highest BCUT2D eigenvalue weighted by Gasteiger charge is 2.21. The molecule has 1 aliphatic heterocycles. The fraction of sp³-hybridized carbons (Fsp3) is 0.400. The number of H-pyrrole nitrogens is 1. The Balaban J connectivity index is 1.40. The highest BCUT2D eigenvalue weighted by Crippen LogP contribution is 2.13. The van der Waals surface area contributed by atoms with E-state index >= 15 is 0 Å². The van der Waals surface area contributed by atoms with Crippen LogP contribution in [0.4, 0.5) is 5.95 Å².